The lowest BCUT2D eigenvalue weighted by Gasteiger charge is -2.32. The molecule has 0 saturated carbocycles. The van der Waals surface area contributed by atoms with Gasteiger partial charge < -0.3 is 24.2 Å². The molecule has 1 aromatic rings. The van der Waals surface area contributed by atoms with Crippen LogP contribution in [0.5, 0.6) is 5.75 Å². The van der Waals surface area contributed by atoms with Crippen LogP contribution in [0.3, 0.4) is 0 Å². The molecule has 7 heteroatoms. The van der Waals surface area contributed by atoms with E-state index < -0.39 is 0 Å². The van der Waals surface area contributed by atoms with Gasteiger partial charge in [0.05, 0.1) is 6.54 Å². The molecule has 1 N–H and O–H groups in total. The van der Waals surface area contributed by atoms with Gasteiger partial charge in [-0.15, -0.1) is 0 Å². The van der Waals surface area contributed by atoms with Crippen LogP contribution in [0.1, 0.15) is 30.9 Å². The monoisotopic (exact) mass is 402 g/mol. The van der Waals surface area contributed by atoms with Crippen LogP contribution in [0.2, 0.25) is 0 Å². The quantitative estimate of drug-likeness (QED) is 0.829. The average Bonchev–Trinajstić information content (AvgIpc) is 2.96. The number of carbonyl (C=O) groups is 1. The fraction of sp³-hybridized carbons (Fsp3) is 0.591. The molecule has 3 heterocycles. The molecule has 158 valence electrons. The number of amides is 1. The normalized spacial score (nSPS) is 22.8. The highest BCUT2D eigenvalue weighted by molar-refractivity contribution is 5.92. The first kappa shape index (κ1) is 20.0. The Kier molecular flexibility index (Phi) is 6.25. The lowest BCUT2D eigenvalue weighted by atomic mass is 9.98. The summed E-state index contributed by atoms with van der Waals surface area (Å²) in [6.07, 6.45) is 2.22. The predicted octanol–water partition coefficient (Wildman–Crippen LogP) is 1.89. The van der Waals surface area contributed by atoms with Crippen LogP contribution in [0, 0.1) is 5.92 Å². The largest absolute Gasteiger partial charge is 0.491 e. The summed E-state index contributed by atoms with van der Waals surface area (Å²) in [5.41, 5.74) is 2.21. The third kappa shape index (κ3) is 4.67. The molecule has 1 atom stereocenters. The Bertz CT molecular complexity index is 778. The molecule has 1 aromatic carbocycles. The molecule has 1 saturated heterocycles. The average molecular weight is 402 g/mol. The van der Waals surface area contributed by atoms with E-state index in [9.17, 15) is 9.90 Å². The Balaban J connectivity index is 1.48. The number of hydrogen-bond donors (Lipinski definition) is 1. The first-order valence-corrected chi connectivity index (χ1v) is 10.5. The maximum Gasteiger partial charge on any atom is 0.292 e. The summed E-state index contributed by atoms with van der Waals surface area (Å²) >= 11 is 0. The highest BCUT2D eigenvalue weighted by Gasteiger charge is 2.28. The van der Waals surface area contributed by atoms with Crippen molar-refractivity contribution in [3.05, 3.63) is 40.8 Å². The van der Waals surface area contributed by atoms with E-state index in [0.717, 1.165) is 43.8 Å². The number of fused-ring (bicyclic) bond motifs is 1. The second-order valence-electron chi connectivity index (χ2n) is 8.03. The fourth-order valence-electron chi connectivity index (χ4n) is 4.28. The number of aliphatic hydroxyl groups is 1. The molecule has 1 amide bonds. The molecule has 0 spiro atoms. The van der Waals surface area contributed by atoms with E-state index >= 15 is 0 Å². The van der Waals surface area contributed by atoms with Gasteiger partial charge in [0.15, 0.2) is 0 Å². The van der Waals surface area contributed by atoms with Crippen molar-refractivity contribution >= 4 is 5.91 Å². The highest BCUT2D eigenvalue weighted by Crippen LogP contribution is 2.27. The minimum Gasteiger partial charge on any atom is -0.491 e. The Labute approximate surface area is 171 Å². The minimum absolute atomic E-state index is 0.147. The maximum absolute atomic E-state index is 13.0. The number of piperidine rings is 1. The summed E-state index contributed by atoms with van der Waals surface area (Å²) in [5.74, 6) is 1.91. The lowest BCUT2D eigenvalue weighted by molar-refractivity contribution is -0.133. The van der Waals surface area contributed by atoms with Gasteiger partial charge in [-0.1, -0.05) is 6.07 Å². The van der Waals surface area contributed by atoms with E-state index in [1.165, 1.54) is 5.56 Å². The summed E-state index contributed by atoms with van der Waals surface area (Å²) in [6.45, 7) is 7.18. The van der Waals surface area contributed by atoms with Gasteiger partial charge in [0.25, 0.3) is 5.91 Å². The van der Waals surface area contributed by atoms with Gasteiger partial charge >= 0.3 is 0 Å². The third-order valence-electron chi connectivity index (χ3n) is 5.82. The Morgan fingerprint density at radius 1 is 1.17 bits per heavy atom. The van der Waals surface area contributed by atoms with E-state index in [-0.39, 0.29) is 12.5 Å². The Morgan fingerprint density at radius 2 is 2.03 bits per heavy atom. The van der Waals surface area contributed by atoms with Gasteiger partial charge in [0.2, 0.25) is 5.76 Å². The second kappa shape index (κ2) is 9.05. The molecule has 29 heavy (non-hydrogen) atoms. The third-order valence-corrected chi connectivity index (χ3v) is 5.82. The number of benzene rings is 1. The van der Waals surface area contributed by atoms with Crippen LogP contribution in [-0.2, 0) is 27.4 Å². The van der Waals surface area contributed by atoms with Crippen molar-refractivity contribution in [3.63, 3.8) is 0 Å². The topological polar surface area (TPSA) is 71.5 Å². The van der Waals surface area contributed by atoms with E-state index in [0.29, 0.717) is 50.3 Å². The van der Waals surface area contributed by atoms with Crippen molar-refractivity contribution in [2.24, 2.45) is 5.92 Å². The molecular formula is C22H30N2O5. The molecule has 0 radical (unpaired) electrons. The number of hydrogen-bond acceptors (Lipinski definition) is 6. The van der Waals surface area contributed by atoms with Crippen molar-refractivity contribution < 1.29 is 24.1 Å². The molecule has 7 nitrogen and oxygen atoms in total. The summed E-state index contributed by atoms with van der Waals surface area (Å²) < 4.78 is 16.9. The zero-order chi connectivity index (χ0) is 20.2. The van der Waals surface area contributed by atoms with E-state index in [1.54, 1.807) is 11.8 Å². The van der Waals surface area contributed by atoms with Crippen molar-refractivity contribution in [1.29, 1.82) is 0 Å². The Morgan fingerprint density at radius 3 is 2.86 bits per heavy atom. The van der Waals surface area contributed by atoms with Gasteiger partial charge in [-0.05, 0) is 49.9 Å². The van der Waals surface area contributed by atoms with Crippen molar-refractivity contribution in [2.75, 3.05) is 46.1 Å². The van der Waals surface area contributed by atoms with Crippen LogP contribution in [0.25, 0.3) is 0 Å². The number of aliphatic hydroxyl groups excluding tert-OH is 1. The first-order valence-electron chi connectivity index (χ1n) is 10.5. The minimum atomic E-state index is -0.147. The molecule has 0 bridgehead atoms. The van der Waals surface area contributed by atoms with Gasteiger partial charge in [0, 0.05) is 31.8 Å². The van der Waals surface area contributed by atoms with Gasteiger partial charge in [-0.3, -0.25) is 9.69 Å². The second-order valence-corrected chi connectivity index (χ2v) is 8.03. The molecule has 0 aliphatic carbocycles. The summed E-state index contributed by atoms with van der Waals surface area (Å²) in [4.78, 5) is 17.1. The number of ether oxygens (including phenoxy) is 3. The summed E-state index contributed by atoms with van der Waals surface area (Å²) in [7, 11) is 0. The number of allylic oxidation sites excluding steroid dienone is 1. The van der Waals surface area contributed by atoms with Crippen LogP contribution in [0.15, 0.2) is 29.7 Å². The molecule has 0 aromatic heterocycles. The zero-order valence-electron chi connectivity index (χ0n) is 17.1. The van der Waals surface area contributed by atoms with Crippen molar-refractivity contribution in [1.82, 2.24) is 9.80 Å². The van der Waals surface area contributed by atoms with Crippen LogP contribution < -0.4 is 4.74 Å². The molecule has 1 fully saturated rings. The van der Waals surface area contributed by atoms with Gasteiger partial charge in [0.1, 0.15) is 31.3 Å². The number of rotatable bonds is 4. The van der Waals surface area contributed by atoms with Crippen LogP contribution in [0.4, 0.5) is 0 Å². The van der Waals surface area contributed by atoms with Crippen LogP contribution in [-0.4, -0.2) is 66.9 Å². The zero-order valence-corrected chi connectivity index (χ0v) is 17.1. The predicted molar refractivity (Wildman–Crippen MR) is 107 cm³/mol. The highest BCUT2D eigenvalue weighted by atomic mass is 16.6. The lowest BCUT2D eigenvalue weighted by Crippen LogP contribution is -2.36. The number of carbonyl (C=O) groups excluding carboxylic acids is 1. The van der Waals surface area contributed by atoms with Crippen molar-refractivity contribution in [2.45, 2.75) is 32.9 Å². The summed E-state index contributed by atoms with van der Waals surface area (Å²) in [6, 6.07) is 6.25. The smallest absolute Gasteiger partial charge is 0.292 e. The maximum atomic E-state index is 13.0. The summed E-state index contributed by atoms with van der Waals surface area (Å²) in [5, 5.41) is 9.47. The SMILES string of the molecule is CC1=C(C(=O)N2CCOc3ccc(CN4CCCC(CO)C4)cc3C2)OCCO1. The van der Waals surface area contributed by atoms with E-state index in [2.05, 4.69) is 17.0 Å². The van der Waals surface area contributed by atoms with Gasteiger partial charge in [-0.25, -0.2) is 0 Å². The molecule has 4 rings (SSSR count). The Hall–Kier alpha value is -2.25. The number of likely N-dealkylation sites (tertiary alicyclic amines) is 1. The molecule has 1 unspecified atom stereocenters. The standard InChI is InChI=1S/C22H30N2O5/c1-16-21(29-10-9-27-16)22(26)24-7-8-28-20-5-4-17(11-19(20)14-24)12-23-6-2-3-18(13-23)15-25/h4-5,11,18,25H,2-3,6-10,12-15H2,1H3. The van der Waals surface area contributed by atoms with Crippen molar-refractivity contribution in [3.8, 4) is 5.75 Å². The van der Waals surface area contributed by atoms with Crippen LogP contribution >= 0.6 is 0 Å². The fourth-order valence-corrected chi connectivity index (χ4v) is 4.28. The number of nitrogens with zero attached hydrogens (tertiary/aromatic N) is 2. The van der Waals surface area contributed by atoms with E-state index in [4.69, 9.17) is 14.2 Å². The van der Waals surface area contributed by atoms with Gasteiger partial charge in [-0.2, -0.15) is 0 Å². The molecular weight excluding hydrogens is 372 g/mol. The molecule has 3 aliphatic heterocycles. The molecule has 3 aliphatic rings. The van der Waals surface area contributed by atoms with E-state index in [1.807, 2.05) is 6.07 Å². The first-order chi connectivity index (χ1) is 14.1.